The maximum absolute atomic E-state index is 10.7. The van der Waals surface area contributed by atoms with Crippen LogP contribution in [0.3, 0.4) is 0 Å². The molecule has 0 saturated heterocycles. The van der Waals surface area contributed by atoms with E-state index in [2.05, 4.69) is 6.92 Å². The molecule has 0 saturated carbocycles. The molecule has 0 bridgehead atoms. The van der Waals surface area contributed by atoms with E-state index in [1.165, 1.54) is 6.92 Å². The van der Waals surface area contributed by atoms with Crippen molar-refractivity contribution < 1.29 is 29.1 Å². The Bertz CT molecular complexity index is 132. The van der Waals surface area contributed by atoms with Gasteiger partial charge in [-0.3, -0.25) is 9.59 Å². The molecule has 0 atom stereocenters. The molecule has 3 heteroatoms. The minimum atomic E-state index is -0.309. The maximum Gasteiger partial charge on any atom is 0.198 e. The number of rotatable bonds is 5. The van der Waals surface area contributed by atoms with Crippen molar-refractivity contribution in [1.29, 1.82) is 0 Å². The quantitative estimate of drug-likeness (QED) is 0.418. The minimum absolute atomic E-state index is 0. The van der Waals surface area contributed by atoms with E-state index in [1.54, 1.807) is 0 Å². The summed E-state index contributed by atoms with van der Waals surface area (Å²) >= 11 is 0. The van der Waals surface area contributed by atoms with Gasteiger partial charge in [0.2, 0.25) is 0 Å². The molecule has 11 heavy (non-hydrogen) atoms. The van der Waals surface area contributed by atoms with Gasteiger partial charge in [-0.1, -0.05) is 19.8 Å². The number of ketones is 2. The second-order valence-corrected chi connectivity index (χ2v) is 2.44. The normalized spacial score (nSPS) is 8.55. The van der Waals surface area contributed by atoms with Crippen LogP contribution in [0.2, 0.25) is 0 Å². The molecule has 0 unspecified atom stereocenters. The Morgan fingerprint density at radius 2 is 1.73 bits per heavy atom. The monoisotopic (exact) mass is 244 g/mol. The van der Waals surface area contributed by atoms with Crippen molar-refractivity contribution in [2.75, 3.05) is 0 Å². The maximum atomic E-state index is 10.7. The molecule has 0 rings (SSSR count). The zero-order chi connectivity index (χ0) is 7.98. The number of hydrogen-bond acceptors (Lipinski definition) is 2. The number of unbranched alkanes of at least 4 members (excludes halogenated alkanes) is 2. The molecule has 0 aliphatic carbocycles. The standard InChI is InChI=1S/C8H14O2.Ru/c1-3-4-5-6-8(10)7(2)9;/h3-6H2,1-2H3;. The largest absolute Gasteiger partial charge is 0.291 e. The van der Waals surface area contributed by atoms with Crippen molar-refractivity contribution in [2.24, 2.45) is 0 Å². The van der Waals surface area contributed by atoms with Crippen molar-refractivity contribution in [3.05, 3.63) is 0 Å². The van der Waals surface area contributed by atoms with Crippen LogP contribution < -0.4 is 0 Å². The molecule has 0 aromatic rings. The van der Waals surface area contributed by atoms with E-state index in [1.807, 2.05) is 0 Å². The fourth-order valence-corrected chi connectivity index (χ4v) is 0.712. The molecule has 0 N–H and O–H groups in total. The molecule has 66 valence electrons. The Morgan fingerprint density at radius 3 is 2.09 bits per heavy atom. The minimum Gasteiger partial charge on any atom is -0.291 e. The van der Waals surface area contributed by atoms with Gasteiger partial charge in [-0.2, -0.15) is 0 Å². The van der Waals surface area contributed by atoms with Gasteiger partial charge in [0.25, 0.3) is 0 Å². The van der Waals surface area contributed by atoms with Gasteiger partial charge in [0.05, 0.1) is 0 Å². The fourth-order valence-electron chi connectivity index (χ4n) is 0.712. The summed E-state index contributed by atoms with van der Waals surface area (Å²) in [5.74, 6) is -0.537. The summed E-state index contributed by atoms with van der Waals surface area (Å²) in [5.41, 5.74) is 0. The van der Waals surface area contributed by atoms with E-state index in [0.29, 0.717) is 6.42 Å². The van der Waals surface area contributed by atoms with Crippen molar-refractivity contribution in [3.63, 3.8) is 0 Å². The van der Waals surface area contributed by atoms with E-state index >= 15 is 0 Å². The van der Waals surface area contributed by atoms with Crippen LogP contribution in [0.5, 0.6) is 0 Å². The van der Waals surface area contributed by atoms with Crippen molar-refractivity contribution >= 4 is 11.6 Å². The first-order valence-electron chi connectivity index (χ1n) is 3.72. The molecule has 0 aliphatic heterocycles. The zero-order valence-corrected chi connectivity index (χ0v) is 8.74. The number of hydrogen-bond donors (Lipinski definition) is 0. The predicted octanol–water partition coefficient (Wildman–Crippen LogP) is 1.72. The van der Waals surface area contributed by atoms with Crippen LogP contribution in [0.1, 0.15) is 39.5 Å². The smallest absolute Gasteiger partial charge is 0.198 e. The van der Waals surface area contributed by atoms with E-state index in [0.717, 1.165) is 19.3 Å². The fraction of sp³-hybridized carbons (Fsp3) is 0.750. The van der Waals surface area contributed by atoms with Gasteiger partial charge in [-0.05, 0) is 6.42 Å². The molecule has 0 fully saturated rings. The van der Waals surface area contributed by atoms with Gasteiger partial charge in [-0.25, -0.2) is 0 Å². The van der Waals surface area contributed by atoms with Gasteiger partial charge in [0.15, 0.2) is 11.6 Å². The molecule has 0 aromatic heterocycles. The molecule has 0 amide bonds. The van der Waals surface area contributed by atoms with Crippen LogP contribution in [0.25, 0.3) is 0 Å². The predicted molar refractivity (Wildman–Crippen MR) is 39.8 cm³/mol. The summed E-state index contributed by atoms with van der Waals surface area (Å²) in [6, 6.07) is 0. The number of Topliss-reactive ketones (excluding diaryl/α,β-unsaturated/α-hetero) is 2. The summed E-state index contributed by atoms with van der Waals surface area (Å²) in [5, 5.41) is 0. The second-order valence-electron chi connectivity index (χ2n) is 2.44. The molecule has 0 aromatic carbocycles. The summed E-state index contributed by atoms with van der Waals surface area (Å²) in [4.78, 5) is 21.1. The van der Waals surface area contributed by atoms with E-state index < -0.39 is 0 Å². The SMILES string of the molecule is CCCCCC(=O)C(C)=O.[Ru]. The molecular weight excluding hydrogens is 229 g/mol. The summed E-state index contributed by atoms with van der Waals surface area (Å²) in [6.45, 7) is 3.40. The van der Waals surface area contributed by atoms with Gasteiger partial charge in [0.1, 0.15) is 0 Å². The zero-order valence-electron chi connectivity index (χ0n) is 7.00. The van der Waals surface area contributed by atoms with Gasteiger partial charge in [-0.15, -0.1) is 0 Å². The molecule has 0 spiro atoms. The Hall–Kier alpha value is -0.0366. The molecule has 0 heterocycles. The third kappa shape index (κ3) is 7.86. The second kappa shape index (κ2) is 8.06. The van der Waals surface area contributed by atoms with Gasteiger partial charge < -0.3 is 0 Å². The average molecular weight is 243 g/mol. The van der Waals surface area contributed by atoms with Crippen molar-refractivity contribution in [3.8, 4) is 0 Å². The molecular formula is C8H14O2Ru. The van der Waals surface area contributed by atoms with Crippen LogP contribution >= 0.6 is 0 Å². The number of carbonyl (C=O) groups excluding carboxylic acids is 2. The average Bonchev–Trinajstić information content (AvgIpc) is 1.88. The van der Waals surface area contributed by atoms with Gasteiger partial charge in [0, 0.05) is 32.8 Å². The van der Waals surface area contributed by atoms with E-state index in [4.69, 9.17) is 0 Å². The van der Waals surface area contributed by atoms with Gasteiger partial charge >= 0.3 is 0 Å². The Labute approximate surface area is 80.5 Å². The molecule has 0 aliphatic rings. The Kier molecular flexibility index (Phi) is 9.93. The summed E-state index contributed by atoms with van der Waals surface area (Å²) < 4.78 is 0. The first kappa shape index (κ1) is 13.5. The first-order valence-corrected chi connectivity index (χ1v) is 3.72. The van der Waals surface area contributed by atoms with E-state index in [-0.39, 0.29) is 31.0 Å². The third-order valence-corrected chi connectivity index (χ3v) is 1.40. The summed E-state index contributed by atoms with van der Waals surface area (Å²) in [7, 11) is 0. The molecule has 2 nitrogen and oxygen atoms in total. The topological polar surface area (TPSA) is 34.1 Å². The van der Waals surface area contributed by atoms with Crippen LogP contribution in [0, 0.1) is 0 Å². The van der Waals surface area contributed by atoms with Crippen molar-refractivity contribution in [1.82, 2.24) is 0 Å². The van der Waals surface area contributed by atoms with Crippen LogP contribution in [-0.4, -0.2) is 11.6 Å². The third-order valence-electron chi connectivity index (χ3n) is 1.40. The van der Waals surface area contributed by atoms with Crippen molar-refractivity contribution in [2.45, 2.75) is 39.5 Å². The number of carbonyl (C=O) groups is 2. The Balaban J connectivity index is 0. The Morgan fingerprint density at radius 1 is 1.18 bits per heavy atom. The van der Waals surface area contributed by atoms with Crippen LogP contribution in [0.15, 0.2) is 0 Å². The van der Waals surface area contributed by atoms with Crippen LogP contribution in [-0.2, 0) is 29.1 Å². The van der Waals surface area contributed by atoms with E-state index in [9.17, 15) is 9.59 Å². The molecule has 0 radical (unpaired) electrons. The van der Waals surface area contributed by atoms with Crippen LogP contribution in [0.4, 0.5) is 0 Å². The summed E-state index contributed by atoms with van der Waals surface area (Å²) in [6.07, 6.45) is 3.42. The first-order chi connectivity index (χ1) is 4.68.